The van der Waals surface area contributed by atoms with E-state index in [1.807, 2.05) is 0 Å². The standard InChI is InChI=1S/C20H16BrF3N6O2/c21-13-5-16-15(6-14(13)22)29(20(31)30(16)12-3-4-25-8-12)9-11-2-1-10(7-26-11)18-27-28-19(32-18)17(23)24/h1-2,5-7,12,17,25H,3-4,8-9H2/t12-/m0/s1. The quantitative estimate of drug-likeness (QED) is 0.442. The van der Waals surface area contributed by atoms with Gasteiger partial charge < -0.3 is 9.73 Å². The monoisotopic (exact) mass is 508 g/mol. The van der Waals surface area contributed by atoms with Gasteiger partial charge in [0.15, 0.2) is 0 Å². The van der Waals surface area contributed by atoms with Crippen LogP contribution in [0.2, 0.25) is 0 Å². The summed E-state index contributed by atoms with van der Waals surface area (Å²) in [6.45, 7) is 1.57. The molecular weight excluding hydrogens is 493 g/mol. The molecule has 1 atom stereocenters. The molecule has 3 aromatic heterocycles. The van der Waals surface area contributed by atoms with Gasteiger partial charge in [0.1, 0.15) is 5.82 Å². The predicted molar refractivity (Wildman–Crippen MR) is 112 cm³/mol. The van der Waals surface area contributed by atoms with Crippen LogP contribution >= 0.6 is 15.9 Å². The van der Waals surface area contributed by atoms with Gasteiger partial charge in [-0.2, -0.15) is 8.78 Å². The Bertz CT molecular complexity index is 1340. The summed E-state index contributed by atoms with van der Waals surface area (Å²) in [5, 5.41) is 10.1. The van der Waals surface area contributed by atoms with Crippen LogP contribution in [0.3, 0.4) is 0 Å². The molecule has 166 valence electrons. The zero-order chi connectivity index (χ0) is 22.4. The van der Waals surface area contributed by atoms with E-state index in [0.29, 0.717) is 28.8 Å². The summed E-state index contributed by atoms with van der Waals surface area (Å²) in [5.74, 6) is -1.31. The first-order valence-electron chi connectivity index (χ1n) is 9.79. The second-order valence-corrected chi connectivity index (χ2v) is 8.28. The van der Waals surface area contributed by atoms with Gasteiger partial charge in [0.25, 0.3) is 5.89 Å². The number of hydrogen-bond acceptors (Lipinski definition) is 6. The van der Waals surface area contributed by atoms with Crippen LogP contribution in [0.15, 0.2) is 44.1 Å². The van der Waals surface area contributed by atoms with Crippen molar-refractivity contribution in [1.82, 2.24) is 29.6 Å². The Balaban J connectivity index is 1.51. The summed E-state index contributed by atoms with van der Waals surface area (Å²) in [4.78, 5) is 17.6. The van der Waals surface area contributed by atoms with Gasteiger partial charge in [-0.15, -0.1) is 10.2 Å². The minimum atomic E-state index is -2.86. The molecule has 1 aliphatic heterocycles. The lowest BCUT2D eigenvalue weighted by atomic mass is 10.2. The molecule has 12 heteroatoms. The van der Waals surface area contributed by atoms with E-state index in [1.54, 1.807) is 22.8 Å². The highest BCUT2D eigenvalue weighted by atomic mass is 79.9. The molecule has 0 spiro atoms. The first-order valence-corrected chi connectivity index (χ1v) is 10.6. The fourth-order valence-electron chi connectivity index (χ4n) is 3.88. The fraction of sp³-hybridized carbons (Fsp3) is 0.300. The highest BCUT2D eigenvalue weighted by molar-refractivity contribution is 9.10. The van der Waals surface area contributed by atoms with Gasteiger partial charge in [-0.1, -0.05) is 0 Å². The molecule has 8 nitrogen and oxygen atoms in total. The number of aromatic nitrogens is 5. The van der Waals surface area contributed by atoms with Crippen molar-refractivity contribution in [3.05, 3.63) is 62.8 Å². The van der Waals surface area contributed by atoms with Crippen molar-refractivity contribution in [3.8, 4) is 11.5 Å². The van der Waals surface area contributed by atoms with Crippen LogP contribution in [0.25, 0.3) is 22.5 Å². The zero-order valence-corrected chi connectivity index (χ0v) is 18.0. The third-order valence-corrected chi connectivity index (χ3v) is 6.03. The number of halogens is 4. The Morgan fingerprint density at radius 3 is 2.75 bits per heavy atom. The largest absolute Gasteiger partial charge is 0.415 e. The molecule has 4 aromatic rings. The highest BCUT2D eigenvalue weighted by Gasteiger charge is 2.25. The van der Waals surface area contributed by atoms with Crippen molar-refractivity contribution in [1.29, 1.82) is 0 Å². The molecule has 32 heavy (non-hydrogen) atoms. The second-order valence-electron chi connectivity index (χ2n) is 7.42. The van der Waals surface area contributed by atoms with Crippen molar-refractivity contribution >= 4 is 27.0 Å². The van der Waals surface area contributed by atoms with Crippen molar-refractivity contribution in [3.63, 3.8) is 0 Å². The van der Waals surface area contributed by atoms with E-state index in [2.05, 4.69) is 36.4 Å². The molecular formula is C20H16BrF3N6O2. The molecule has 1 N–H and O–H groups in total. The maximum Gasteiger partial charge on any atom is 0.329 e. The van der Waals surface area contributed by atoms with E-state index in [0.717, 1.165) is 13.0 Å². The first kappa shape index (κ1) is 20.9. The Kier molecular flexibility index (Phi) is 5.33. The van der Waals surface area contributed by atoms with Crippen LogP contribution in [0.4, 0.5) is 13.2 Å². The summed E-state index contributed by atoms with van der Waals surface area (Å²) in [6.07, 6.45) is -0.658. The average Bonchev–Trinajstić information content (AvgIpc) is 3.51. The van der Waals surface area contributed by atoms with Crippen molar-refractivity contribution in [2.24, 2.45) is 0 Å². The second kappa shape index (κ2) is 8.17. The molecule has 0 unspecified atom stereocenters. The highest BCUT2D eigenvalue weighted by Crippen LogP contribution is 2.27. The Labute approximate surface area is 187 Å². The zero-order valence-electron chi connectivity index (χ0n) is 16.4. The molecule has 0 radical (unpaired) electrons. The third kappa shape index (κ3) is 3.62. The van der Waals surface area contributed by atoms with E-state index in [-0.39, 0.29) is 28.6 Å². The number of imidazole rings is 1. The van der Waals surface area contributed by atoms with E-state index in [4.69, 9.17) is 4.42 Å². The van der Waals surface area contributed by atoms with Gasteiger partial charge in [0, 0.05) is 18.8 Å². The van der Waals surface area contributed by atoms with Gasteiger partial charge in [-0.05, 0) is 47.1 Å². The number of pyridine rings is 1. The van der Waals surface area contributed by atoms with Crippen molar-refractivity contribution in [2.75, 3.05) is 13.1 Å². The summed E-state index contributed by atoms with van der Waals surface area (Å²) < 4.78 is 48.0. The number of benzene rings is 1. The Morgan fingerprint density at radius 2 is 2.09 bits per heavy atom. The average molecular weight is 509 g/mol. The van der Waals surface area contributed by atoms with Crippen LogP contribution in [0, 0.1) is 5.82 Å². The third-order valence-electron chi connectivity index (χ3n) is 5.42. The van der Waals surface area contributed by atoms with Crippen LogP contribution in [0.5, 0.6) is 0 Å². The molecule has 4 heterocycles. The van der Waals surface area contributed by atoms with Crippen LogP contribution in [0.1, 0.15) is 30.5 Å². The maximum absolute atomic E-state index is 14.3. The van der Waals surface area contributed by atoms with Gasteiger partial charge in [0.2, 0.25) is 5.89 Å². The number of hydrogen-bond donors (Lipinski definition) is 1. The Hall–Kier alpha value is -2.99. The number of rotatable bonds is 5. The Morgan fingerprint density at radius 1 is 1.25 bits per heavy atom. The van der Waals surface area contributed by atoms with Gasteiger partial charge in [0.05, 0.1) is 39.4 Å². The van der Waals surface area contributed by atoms with E-state index >= 15 is 0 Å². The van der Waals surface area contributed by atoms with Crippen molar-refractivity contribution < 1.29 is 17.6 Å². The lowest BCUT2D eigenvalue weighted by Crippen LogP contribution is -2.29. The fourth-order valence-corrected chi connectivity index (χ4v) is 4.21. The number of nitrogens with one attached hydrogen (secondary N) is 1. The normalized spacial score (nSPS) is 16.5. The number of fused-ring (bicyclic) bond motifs is 1. The minimum Gasteiger partial charge on any atom is -0.415 e. The number of nitrogens with zero attached hydrogens (tertiary/aromatic N) is 5. The van der Waals surface area contributed by atoms with Crippen LogP contribution in [-0.2, 0) is 6.54 Å². The summed E-state index contributed by atoms with van der Waals surface area (Å²) >= 11 is 3.21. The smallest absolute Gasteiger partial charge is 0.329 e. The van der Waals surface area contributed by atoms with Gasteiger partial charge in [-0.3, -0.25) is 14.1 Å². The molecule has 1 fully saturated rings. The molecule has 0 saturated carbocycles. The molecule has 1 aromatic carbocycles. The molecule has 0 amide bonds. The lowest BCUT2D eigenvalue weighted by Gasteiger charge is -2.10. The number of alkyl halides is 2. The van der Waals surface area contributed by atoms with Crippen molar-refractivity contribution in [2.45, 2.75) is 25.4 Å². The van der Waals surface area contributed by atoms with E-state index in [1.165, 1.54) is 16.8 Å². The van der Waals surface area contributed by atoms with Crippen LogP contribution in [-0.4, -0.2) is 37.4 Å². The lowest BCUT2D eigenvalue weighted by molar-refractivity contribution is 0.116. The topological polar surface area (TPSA) is 90.8 Å². The van der Waals surface area contributed by atoms with Crippen LogP contribution < -0.4 is 11.0 Å². The van der Waals surface area contributed by atoms with E-state index < -0.39 is 18.1 Å². The molecule has 1 aliphatic rings. The molecule has 1 saturated heterocycles. The summed E-state index contributed by atoms with van der Waals surface area (Å²) in [7, 11) is 0. The first-order chi connectivity index (χ1) is 15.4. The van der Waals surface area contributed by atoms with Gasteiger partial charge in [-0.25, -0.2) is 9.18 Å². The predicted octanol–water partition coefficient (Wildman–Crippen LogP) is 3.67. The van der Waals surface area contributed by atoms with E-state index in [9.17, 15) is 18.0 Å². The maximum atomic E-state index is 14.3. The molecule has 0 aliphatic carbocycles. The summed E-state index contributed by atoms with van der Waals surface area (Å²) in [5.41, 5.74) is 1.74. The summed E-state index contributed by atoms with van der Waals surface area (Å²) in [6, 6.07) is 6.14. The molecule has 5 rings (SSSR count). The van der Waals surface area contributed by atoms with Gasteiger partial charge >= 0.3 is 12.1 Å². The minimum absolute atomic E-state index is 0.0273. The molecule has 0 bridgehead atoms. The SMILES string of the molecule is O=c1n(Cc2ccc(-c3nnc(C(F)F)o3)cn2)c2cc(F)c(Br)cc2n1[C@H]1CCNC1.